The minimum absolute atomic E-state index is 0.282. The predicted molar refractivity (Wildman–Crippen MR) is 88.3 cm³/mol. The van der Waals surface area contributed by atoms with Crippen molar-refractivity contribution >= 4 is 27.3 Å². The molecule has 0 spiro atoms. The van der Waals surface area contributed by atoms with Crippen molar-refractivity contribution in [2.24, 2.45) is 0 Å². The van der Waals surface area contributed by atoms with Gasteiger partial charge in [0.25, 0.3) is 0 Å². The van der Waals surface area contributed by atoms with Crippen LogP contribution in [0, 0.1) is 27.7 Å². The SMILES string of the molecule is CNC(c1cc(C)c(C)s1)c1cc(C)c(Br)cc1C. The molecule has 1 aromatic heterocycles. The molecule has 3 heteroatoms. The minimum Gasteiger partial charge on any atom is -0.309 e. The Labute approximate surface area is 128 Å². The molecule has 19 heavy (non-hydrogen) atoms. The van der Waals surface area contributed by atoms with Crippen LogP contribution in [0.4, 0.5) is 0 Å². The van der Waals surface area contributed by atoms with Crippen LogP contribution < -0.4 is 5.32 Å². The fraction of sp³-hybridized carbons (Fsp3) is 0.375. The summed E-state index contributed by atoms with van der Waals surface area (Å²) in [5, 5.41) is 3.46. The van der Waals surface area contributed by atoms with Gasteiger partial charge in [0.05, 0.1) is 6.04 Å². The van der Waals surface area contributed by atoms with Crippen LogP contribution >= 0.6 is 27.3 Å². The molecule has 0 amide bonds. The fourth-order valence-corrected chi connectivity index (χ4v) is 3.94. The van der Waals surface area contributed by atoms with Gasteiger partial charge in [0.1, 0.15) is 0 Å². The number of nitrogens with one attached hydrogen (secondary N) is 1. The Hall–Kier alpha value is -0.640. The molecular weight excluding hydrogens is 318 g/mol. The molecule has 1 aromatic carbocycles. The molecule has 1 heterocycles. The van der Waals surface area contributed by atoms with Crippen molar-refractivity contribution in [2.45, 2.75) is 33.7 Å². The van der Waals surface area contributed by atoms with Crippen molar-refractivity contribution in [3.63, 3.8) is 0 Å². The third-order valence-electron chi connectivity index (χ3n) is 3.62. The minimum atomic E-state index is 0.282. The highest BCUT2D eigenvalue weighted by Crippen LogP contribution is 2.33. The van der Waals surface area contributed by atoms with E-state index in [0.717, 1.165) is 0 Å². The summed E-state index contributed by atoms with van der Waals surface area (Å²) < 4.78 is 1.18. The molecule has 1 unspecified atom stereocenters. The van der Waals surface area contributed by atoms with Crippen molar-refractivity contribution in [3.05, 3.63) is 54.7 Å². The monoisotopic (exact) mass is 337 g/mol. The van der Waals surface area contributed by atoms with E-state index in [-0.39, 0.29) is 6.04 Å². The molecule has 1 N–H and O–H groups in total. The summed E-state index contributed by atoms with van der Waals surface area (Å²) in [6, 6.07) is 7.08. The third kappa shape index (κ3) is 2.93. The summed E-state index contributed by atoms with van der Waals surface area (Å²) >= 11 is 5.49. The summed E-state index contributed by atoms with van der Waals surface area (Å²) in [5.74, 6) is 0. The largest absolute Gasteiger partial charge is 0.309 e. The van der Waals surface area contributed by atoms with Gasteiger partial charge < -0.3 is 5.32 Å². The molecule has 0 fully saturated rings. The second-order valence-corrected chi connectivity index (χ2v) is 7.21. The second kappa shape index (κ2) is 5.78. The van der Waals surface area contributed by atoms with Gasteiger partial charge in [0.15, 0.2) is 0 Å². The number of halogens is 1. The van der Waals surface area contributed by atoms with Crippen LogP contribution in [0.15, 0.2) is 22.7 Å². The van der Waals surface area contributed by atoms with Gasteiger partial charge in [-0.1, -0.05) is 22.0 Å². The summed E-state index contributed by atoms with van der Waals surface area (Å²) in [7, 11) is 2.03. The Bertz CT molecular complexity index is 582. The molecule has 0 bridgehead atoms. The average Bonchev–Trinajstić information content (AvgIpc) is 2.67. The van der Waals surface area contributed by atoms with E-state index in [9.17, 15) is 0 Å². The fourth-order valence-electron chi connectivity index (χ4n) is 2.31. The van der Waals surface area contributed by atoms with Crippen molar-refractivity contribution in [3.8, 4) is 0 Å². The molecule has 0 saturated heterocycles. The second-order valence-electron chi connectivity index (χ2n) is 5.07. The lowest BCUT2D eigenvalue weighted by Gasteiger charge is -2.19. The Morgan fingerprint density at radius 3 is 2.21 bits per heavy atom. The lowest BCUT2D eigenvalue weighted by molar-refractivity contribution is 0.698. The molecule has 0 radical (unpaired) electrons. The number of rotatable bonds is 3. The Morgan fingerprint density at radius 1 is 1.00 bits per heavy atom. The highest BCUT2D eigenvalue weighted by Gasteiger charge is 2.18. The normalized spacial score (nSPS) is 12.7. The van der Waals surface area contributed by atoms with Crippen molar-refractivity contribution < 1.29 is 0 Å². The summed E-state index contributed by atoms with van der Waals surface area (Å²) in [4.78, 5) is 2.80. The van der Waals surface area contributed by atoms with Crippen LogP contribution in [0.3, 0.4) is 0 Å². The highest BCUT2D eigenvalue weighted by atomic mass is 79.9. The first kappa shape index (κ1) is 14.8. The van der Waals surface area contributed by atoms with Crippen molar-refractivity contribution in [1.82, 2.24) is 5.32 Å². The number of benzene rings is 1. The lowest BCUT2D eigenvalue weighted by Crippen LogP contribution is -2.17. The molecule has 0 aliphatic heterocycles. The van der Waals surface area contributed by atoms with E-state index in [0.29, 0.717) is 0 Å². The highest BCUT2D eigenvalue weighted by molar-refractivity contribution is 9.10. The molecule has 0 aliphatic carbocycles. The molecule has 1 nitrogen and oxygen atoms in total. The van der Waals surface area contributed by atoms with Gasteiger partial charge in [-0.2, -0.15) is 0 Å². The zero-order chi connectivity index (χ0) is 14.2. The number of thiophene rings is 1. The molecule has 0 saturated carbocycles. The summed E-state index contributed by atoms with van der Waals surface area (Å²) in [6.45, 7) is 8.69. The number of hydrogen-bond donors (Lipinski definition) is 1. The van der Waals surface area contributed by atoms with E-state index >= 15 is 0 Å². The van der Waals surface area contributed by atoms with Gasteiger partial charge >= 0.3 is 0 Å². The van der Waals surface area contributed by atoms with E-state index in [1.807, 2.05) is 18.4 Å². The van der Waals surface area contributed by atoms with E-state index in [4.69, 9.17) is 0 Å². The van der Waals surface area contributed by atoms with Crippen LogP contribution in [0.2, 0.25) is 0 Å². The van der Waals surface area contributed by atoms with Gasteiger partial charge in [-0.15, -0.1) is 11.3 Å². The van der Waals surface area contributed by atoms with Gasteiger partial charge in [-0.05, 0) is 69.1 Å². The predicted octanol–water partition coefficient (Wildman–Crippen LogP) is 5.05. The van der Waals surface area contributed by atoms with Crippen molar-refractivity contribution in [1.29, 1.82) is 0 Å². The molecule has 102 valence electrons. The molecule has 1 atom stereocenters. The first-order valence-corrected chi connectivity index (χ1v) is 8.05. The van der Waals surface area contributed by atoms with E-state index in [2.05, 4.69) is 67.1 Å². The van der Waals surface area contributed by atoms with E-state index in [1.54, 1.807) is 0 Å². The average molecular weight is 338 g/mol. The molecular formula is C16H20BrNS. The Balaban J connectivity index is 2.50. The maximum Gasteiger partial charge on any atom is 0.0671 e. The zero-order valence-corrected chi connectivity index (χ0v) is 14.5. The zero-order valence-electron chi connectivity index (χ0n) is 12.1. The van der Waals surface area contributed by atoms with E-state index in [1.165, 1.54) is 36.5 Å². The molecule has 2 aromatic rings. The van der Waals surface area contributed by atoms with Crippen LogP contribution in [0.25, 0.3) is 0 Å². The maximum absolute atomic E-state index is 3.61. The standard InChI is InChI=1S/C16H20BrNS/c1-9-8-15(19-12(9)4)16(18-5)13-6-11(3)14(17)7-10(13)2/h6-8,16,18H,1-5H3. The first-order chi connectivity index (χ1) is 8.93. The topological polar surface area (TPSA) is 12.0 Å². The van der Waals surface area contributed by atoms with Gasteiger partial charge in [-0.25, -0.2) is 0 Å². The molecule has 2 rings (SSSR count). The van der Waals surface area contributed by atoms with Crippen LogP contribution in [-0.2, 0) is 0 Å². The smallest absolute Gasteiger partial charge is 0.0671 e. The van der Waals surface area contributed by atoms with Crippen molar-refractivity contribution in [2.75, 3.05) is 7.05 Å². The third-order valence-corrected chi connectivity index (χ3v) is 5.69. The Kier molecular flexibility index (Phi) is 4.49. The van der Waals surface area contributed by atoms with Gasteiger partial charge in [0, 0.05) is 14.2 Å². The van der Waals surface area contributed by atoms with Crippen LogP contribution in [-0.4, -0.2) is 7.05 Å². The van der Waals surface area contributed by atoms with Crippen LogP contribution in [0.5, 0.6) is 0 Å². The Morgan fingerprint density at radius 2 is 1.68 bits per heavy atom. The first-order valence-electron chi connectivity index (χ1n) is 6.45. The number of hydrogen-bond acceptors (Lipinski definition) is 2. The maximum atomic E-state index is 3.61. The molecule has 0 aliphatic rings. The lowest BCUT2D eigenvalue weighted by atomic mass is 9.97. The van der Waals surface area contributed by atoms with Gasteiger partial charge in [-0.3, -0.25) is 0 Å². The van der Waals surface area contributed by atoms with Crippen LogP contribution in [0.1, 0.15) is 38.0 Å². The quantitative estimate of drug-likeness (QED) is 0.825. The van der Waals surface area contributed by atoms with E-state index < -0.39 is 0 Å². The summed E-state index contributed by atoms with van der Waals surface area (Å²) in [5.41, 5.74) is 5.35. The summed E-state index contributed by atoms with van der Waals surface area (Å²) in [6.07, 6.45) is 0. The number of aryl methyl sites for hydroxylation is 4. The van der Waals surface area contributed by atoms with Gasteiger partial charge in [0.2, 0.25) is 0 Å².